The molecule has 4 nitrogen and oxygen atoms in total. The van der Waals surface area contributed by atoms with Crippen molar-refractivity contribution in [2.45, 2.75) is 27.7 Å². The molecule has 7 aromatic rings. The number of aryl methyl sites for hydroxylation is 4. The monoisotopic (exact) mass is 759 g/mol. The number of fused-ring (bicyclic) bond motifs is 8. The van der Waals surface area contributed by atoms with Gasteiger partial charge < -0.3 is 22.4 Å². The number of halogens is 1. The van der Waals surface area contributed by atoms with Crippen LogP contribution in [-0.2, 0) is 17.1 Å². The van der Waals surface area contributed by atoms with Gasteiger partial charge in [-0.05, 0) is 90.9 Å². The van der Waals surface area contributed by atoms with Gasteiger partial charge in [0.05, 0.1) is 22.8 Å². The summed E-state index contributed by atoms with van der Waals surface area (Å²) >= 11 is 0. The Morgan fingerprint density at radius 2 is 0.556 bits per heavy atom. The van der Waals surface area contributed by atoms with Crippen LogP contribution >= 0.6 is 0 Å². The largest absolute Gasteiger partial charge is 1.00 e. The van der Waals surface area contributed by atoms with E-state index in [9.17, 15) is 0 Å². The van der Waals surface area contributed by atoms with Gasteiger partial charge in [-0.1, -0.05) is 144 Å². The van der Waals surface area contributed by atoms with E-state index in [0.29, 0.717) is 0 Å². The predicted molar refractivity (Wildman–Crippen MR) is 217 cm³/mol. The predicted octanol–water partition coefficient (Wildman–Crippen LogP) is 8.82. The van der Waals surface area contributed by atoms with Crippen molar-refractivity contribution in [3.05, 3.63) is 166 Å². The molecule has 0 fully saturated rings. The number of hydrogen-bond acceptors (Lipinski definition) is 2. The van der Waals surface area contributed by atoms with Crippen molar-refractivity contribution in [1.82, 2.24) is 19.9 Å². The molecule has 3 aromatic heterocycles. The van der Waals surface area contributed by atoms with Gasteiger partial charge in [0.25, 0.3) is 0 Å². The Labute approximate surface area is 332 Å². The molecule has 4 aromatic carbocycles. The van der Waals surface area contributed by atoms with Gasteiger partial charge in [-0.15, -0.1) is 22.1 Å². The molecule has 54 heavy (non-hydrogen) atoms. The maximum absolute atomic E-state index is 5.37. The second-order valence-corrected chi connectivity index (χ2v) is 13.8. The van der Waals surface area contributed by atoms with Crippen molar-refractivity contribution in [2.24, 2.45) is 0 Å². The number of rotatable bonds is 4. The van der Waals surface area contributed by atoms with Gasteiger partial charge in [-0.25, -0.2) is 9.97 Å². The van der Waals surface area contributed by atoms with Crippen molar-refractivity contribution in [2.75, 3.05) is 0 Å². The third-order valence-electron chi connectivity index (χ3n) is 9.97. The Morgan fingerprint density at radius 3 is 0.870 bits per heavy atom. The molecule has 6 heteroatoms. The van der Waals surface area contributed by atoms with Crippen LogP contribution in [0.3, 0.4) is 0 Å². The zero-order chi connectivity index (χ0) is 35.3. The van der Waals surface area contributed by atoms with E-state index in [1.807, 2.05) is 0 Å². The van der Waals surface area contributed by atoms with Crippen LogP contribution in [0, 0.1) is 27.7 Å². The van der Waals surface area contributed by atoms with E-state index in [1.165, 1.54) is 22.3 Å². The van der Waals surface area contributed by atoms with Gasteiger partial charge >= 0.3 is 0 Å². The maximum Gasteiger partial charge on any atom is 0.0738 e. The minimum Gasteiger partial charge on any atom is -1.00 e. The molecule has 266 valence electrons. The Balaban J connectivity index is 0.00000225. The topological polar surface area (TPSA) is 54.0 Å². The van der Waals surface area contributed by atoms with Crippen molar-refractivity contribution in [3.8, 4) is 44.5 Å². The molecular formula is C48H36ClFeN4-3. The molecule has 0 radical (unpaired) electrons. The Kier molecular flexibility index (Phi) is 10.2. The minimum absolute atomic E-state index is 0. The molecule has 0 aliphatic carbocycles. The van der Waals surface area contributed by atoms with E-state index in [1.54, 1.807) is 0 Å². The maximum atomic E-state index is 5.37. The van der Waals surface area contributed by atoms with Crippen molar-refractivity contribution in [1.29, 1.82) is 0 Å². The fourth-order valence-corrected chi connectivity index (χ4v) is 7.15. The molecule has 9 rings (SSSR count). The second-order valence-electron chi connectivity index (χ2n) is 13.8. The van der Waals surface area contributed by atoms with E-state index in [4.69, 9.17) is 19.9 Å². The third kappa shape index (κ3) is 6.79. The zero-order valence-corrected chi connectivity index (χ0v) is 32.2. The average Bonchev–Trinajstić information content (AvgIpc) is 3.99. The van der Waals surface area contributed by atoms with Crippen LogP contribution in [0.2, 0.25) is 0 Å². The summed E-state index contributed by atoms with van der Waals surface area (Å²) in [6.07, 6.45) is 8.48. The first kappa shape index (κ1) is 36.6. The number of hydrogen-bond donors (Lipinski definition) is 0. The summed E-state index contributed by atoms with van der Waals surface area (Å²) in [4.78, 5) is 21.5. The molecule has 2 aliphatic rings. The Hall–Kier alpha value is -5.71. The summed E-state index contributed by atoms with van der Waals surface area (Å²) in [5.74, 6) is 0. The molecule has 0 saturated heterocycles. The molecule has 0 amide bonds. The summed E-state index contributed by atoms with van der Waals surface area (Å²) in [5, 5.41) is 0. The minimum atomic E-state index is 0. The van der Waals surface area contributed by atoms with Crippen LogP contribution in [0.25, 0.3) is 90.9 Å². The van der Waals surface area contributed by atoms with Crippen LogP contribution in [0.15, 0.2) is 121 Å². The average molecular weight is 760 g/mol. The molecule has 5 heterocycles. The summed E-state index contributed by atoms with van der Waals surface area (Å²) in [5.41, 5.74) is 19.9. The zero-order valence-electron chi connectivity index (χ0n) is 30.4. The van der Waals surface area contributed by atoms with Gasteiger partial charge in [-0.2, -0.15) is 0 Å². The van der Waals surface area contributed by atoms with E-state index in [2.05, 4.69) is 173 Å². The van der Waals surface area contributed by atoms with Crippen LogP contribution in [0.5, 0.6) is 0 Å². The second kappa shape index (κ2) is 15.0. The summed E-state index contributed by atoms with van der Waals surface area (Å²) in [6, 6.07) is 43.0. The van der Waals surface area contributed by atoms with Gasteiger partial charge in [0.1, 0.15) is 0 Å². The molecule has 2 aliphatic heterocycles. The quantitative estimate of drug-likeness (QED) is 0.169. The van der Waals surface area contributed by atoms with Crippen molar-refractivity contribution in [3.63, 3.8) is 0 Å². The van der Waals surface area contributed by atoms with Gasteiger partial charge in [-0.3, -0.25) is 0 Å². The summed E-state index contributed by atoms with van der Waals surface area (Å²) in [6.45, 7) is 8.45. The van der Waals surface area contributed by atoms with Crippen molar-refractivity contribution >= 4 is 46.4 Å². The summed E-state index contributed by atoms with van der Waals surface area (Å²) in [7, 11) is 0. The van der Waals surface area contributed by atoms with Crippen LogP contribution in [0.1, 0.15) is 45.0 Å². The van der Waals surface area contributed by atoms with Crippen LogP contribution in [0.4, 0.5) is 0 Å². The van der Waals surface area contributed by atoms with E-state index < -0.39 is 0 Å². The van der Waals surface area contributed by atoms with Crippen LogP contribution in [-0.4, -0.2) is 9.97 Å². The molecule has 0 spiro atoms. The molecule has 0 N–H and O–H groups in total. The Morgan fingerprint density at radius 1 is 0.315 bits per heavy atom. The fraction of sp³-hybridized carbons (Fsp3) is 0.0833. The van der Waals surface area contributed by atoms with Crippen LogP contribution < -0.4 is 22.4 Å². The van der Waals surface area contributed by atoms with E-state index in [-0.39, 0.29) is 29.5 Å². The fourth-order valence-electron chi connectivity index (χ4n) is 7.15. The number of benzene rings is 4. The molecule has 8 bridgehead atoms. The summed E-state index contributed by atoms with van der Waals surface area (Å²) < 4.78 is 0. The normalized spacial score (nSPS) is 11.6. The van der Waals surface area contributed by atoms with E-state index >= 15 is 0 Å². The van der Waals surface area contributed by atoms with Gasteiger partial charge in [0.15, 0.2) is 0 Å². The molecule has 0 atom stereocenters. The first-order chi connectivity index (χ1) is 25.4. The SMILES string of the molecule is Cc1ccc(-c2c3nc(c(-c4ccc(C)cc4)c4ccc([n-]4)c(-c4ccc(C)cc4)c4ccc([n-]4)c(-c4ccc(C)cc4)c4nc2C=C4)C=C3)cc1.[Cl-].[Fe]. The number of aromatic nitrogens is 4. The Bertz CT molecular complexity index is 2590. The third-order valence-corrected chi connectivity index (χ3v) is 9.97. The number of nitrogens with zero attached hydrogens (tertiary/aromatic N) is 4. The first-order valence-electron chi connectivity index (χ1n) is 17.7. The smallest absolute Gasteiger partial charge is 0.0738 e. The molecule has 0 unspecified atom stereocenters. The van der Waals surface area contributed by atoms with Gasteiger partial charge in [0, 0.05) is 22.6 Å². The standard InChI is InChI=1S/C48H36N4.ClH.Fe/c1-29-5-13-33(14-6-29)45-37-21-23-39(49-37)46(34-15-7-30(2)8-16-34)41-25-27-43(51-41)48(36-19-11-32(4)12-20-36)44-28-26-42(52-44)47(40-24-22-38(45)50-40)35-17-9-31(3)10-18-35;;/h5-28H,1-4H3;1H;/q-2;;/p-1. The molecule has 0 saturated carbocycles. The first-order valence-corrected chi connectivity index (χ1v) is 17.7. The van der Waals surface area contributed by atoms with Gasteiger partial charge in [0.2, 0.25) is 0 Å². The molecular weight excluding hydrogens is 724 g/mol. The van der Waals surface area contributed by atoms with E-state index in [0.717, 1.165) is 89.4 Å². The van der Waals surface area contributed by atoms with Crippen molar-refractivity contribution < 1.29 is 29.5 Å².